The number of esters is 3. The van der Waals surface area contributed by atoms with Crippen molar-refractivity contribution in [2.45, 2.75) is 303 Å². The molecule has 0 aromatic rings. The molecule has 1 unspecified atom stereocenters. The van der Waals surface area contributed by atoms with E-state index in [1.807, 2.05) is 0 Å². The second-order valence-electron chi connectivity index (χ2n) is 19.2. The third-order valence-corrected chi connectivity index (χ3v) is 12.6. The van der Waals surface area contributed by atoms with Crippen molar-refractivity contribution in [1.29, 1.82) is 0 Å². The first-order valence-corrected chi connectivity index (χ1v) is 28.6. The maximum atomic E-state index is 12.8. The summed E-state index contributed by atoms with van der Waals surface area (Å²) in [4.78, 5) is 38.0. The van der Waals surface area contributed by atoms with Gasteiger partial charge in [0.05, 0.1) is 0 Å². The summed E-state index contributed by atoms with van der Waals surface area (Å²) < 4.78 is 16.8. The van der Waals surface area contributed by atoms with Crippen LogP contribution in [0.3, 0.4) is 0 Å². The van der Waals surface area contributed by atoms with E-state index < -0.39 is 6.10 Å². The van der Waals surface area contributed by atoms with Gasteiger partial charge in [0, 0.05) is 19.3 Å². The van der Waals surface area contributed by atoms with E-state index in [-0.39, 0.29) is 31.1 Å². The van der Waals surface area contributed by atoms with Crippen LogP contribution in [0.15, 0.2) is 48.6 Å². The van der Waals surface area contributed by atoms with E-state index in [0.29, 0.717) is 19.3 Å². The number of hydrogen-bond donors (Lipinski definition) is 0. The summed E-state index contributed by atoms with van der Waals surface area (Å²) in [5.41, 5.74) is 0. The Morgan fingerprint density at radius 1 is 0.318 bits per heavy atom. The Kier molecular flexibility index (Phi) is 52.8. The second kappa shape index (κ2) is 55.0. The molecular weight excluding hydrogens is 817 g/mol. The number of hydrogen-bond acceptors (Lipinski definition) is 6. The highest BCUT2D eigenvalue weighted by Gasteiger charge is 2.19. The lowest BCUT2D eigenvalue weighted by Crippen LogP contribution is -2.30. The van der Waals surface area contributed by atoms with Gasteiger partial charge in [0.25, 0.3) is 0 Å². The Labute approximate surface area is 409 Å². The first-order chi connectivity index (χ1) is 32.5. The lowest BCUT2D eigenvalue weighted by Gasteiger charge is -2.18. The molecular formula is C60H108O6. The summed E-state index contributed by atoms with van der Waals surface area (Å²) in [7, 11) is 0. The third kappa shape index (κ3) is 52.3. The van der Waals surface area contributed by atoms with Crippen molar-refractivity contribution in [1.82, 2.24) is 0 Å². The van der Waals surface area contributed by atoms with Crippen molar-refractivity contribution in [2.24, 2.45) is 0 Å². The fourth-order valence-corrected chi connectivity index (χ4v) is 8.32. The van der Waals surface area contributed by atoms with Crippen LogP contribution in [0.25, 0.3) is 0 Å². The number of carbonyl (C=O) groups is 3. The molecule has 0 radical (unpaired) electrons. The van der Waals surface area contributed by atoms with Crippen molar-refractivity contribution in [2.75, 3.05) is 13.2 Å². The van der Waals surface area contributed by atoms with Crippen LogP contribution in [-0.2, 0) is 28.6 Å². The van der Waals surface area contributed by atoms with E-state index in [4.69, 9.17) is 14.2 Å². The minimum Gasteiger partial charge on any atom is -0.462 e. The quantitative estimate of drug-likeness (QED) is 0.0262. The summed E-state index contributed by atoms with van der Waals surface area (Å²) in [6.45, 7) is 6.52. The fraction of sp³-hybridized carbons (Fsp3) is 0.817. The molecule has 0 saturated heterocycles. The zero-order chi connectivity index (χ0) is 47.9. The number of ether oxygens (including phenoxy) is 3. The molecule has 0 aliphatic heterocycles. The van der Waals surface area contributed by atoms with E-state index in [9.17, 15) is 14.4 Å². The third-order valence-electron chi connectivity index (χ3n) is 12.6. The number of allylic oxidation sites excluding steroid dienone is 8. The smallest absolute Gasteiger partial charge is 0.306 e. The minimum absolute atomic E-state index is 0.0793. The van der Waals surface area contributed by atoms with Crippen molar-refractivity contribution in [3.63, 3.8) is 0 Å². The van der Waals surface area contributed by atoms with E-state index in [1.54, 1.807) is 0 Å². The summed E-state index contributed by atoms with van der Waals surface area (Å²) in [6, 6.07) is 0. The molecule has 0 saturated carbocycles. The molecule has 0 fully saturated rings. The zero-order valence-corrected chi connectivity index (χ0v) is 44.0. The molecule has 384 valence electrons. The number of unbranched alkanes of at least 4 members (excludes halogenated alkanes) is 33. The molecule has 0 N–H and O–H groups in total. The molecule has 0 amide bonds. The predicted molar refractivity (Wildman–Crippen MR) is 284 cm³/mol. The molecule has 0 bridgehead atoms. The standard InChI is InChI=1S/C60H108O6/c1-4-7-10-13-16-19-21-23-25-27-28-29-30-31-33-34-36-38-41-44-47-50-53-59(62)65-56-57(55-64-58(61)52-49-46-43-40-18-15-12-9-6-3)66-60(63)54-51-48-45-42-39-37-35-32-26-24-22-20-17-14-11-8-5-2/h8,11,17,20,24,26,35,37,57H,4-7,9-10,12-16,18-19,21-23,25,27-34,36,38-56H2,1-3H3/b11-8-,20-17-,26-24-,37-35-. The SMILES string of the molecule is CC/C=C\C/C=C\C/C=C\C/C=C\CCCCCCC(=O)OC(COC(=O)CCCCCCCCCCC)COC(=O)CCCCCCCCCCCCCCCCCCCCCCCC. The van der Waals surface area contributed by atoms with Crippen LogP contribution in [0.4, 0.5) is 0 Å². The monoisotopic (exact) mass is 925 g/mol. The molecule has 0 aliphatic rings. The average Bonchev–Trinajstić information content (AvgIpc) is 3.31. The number of rotatable bonds is 52. The van der Waals surface area contributed by atoms with Crippen LogP contribution in [0.1, 0.15) is 297 Å². The lowest BCUT2D eigenvalue weighted by molar-refractivity contribution is -0.167. The average molecular weight is 926 g/mol. The van der Waals surface area contributed by atoms with Gasteiger partial charge in [-0.05, 0) is 57.8 Å². The maximum Gasteiger partial charge on any atom is 0.306 e. The Morgan fingerprint density at radius 3 is 0.924 bits per heavy atom. The van der Waals surface area contributed by atoms with Gasteiger partial charge in [-0.25, -0.2) is 0 Å². The number of carbonyl (C=O) groups excluding carboxylic acids is 3. The summed E-state index contributed by atoms with van der Waals surface area (Å²) in [6.07, 6.45) is 66.9. The van der Waals surface area contributed by atoms with Gasteiger partial charge in [0.2, 0.25) is 0 Å². The van der Waals surface area contributed by atoms with E-state index in [2.05, 4.69) is 69.4 Å². The van der Waals surface area contributed by atoms with Crippen LogP contribution < -0.4 is 0 Å². The Balaban J connectivity index is 4.24. The van der Waals surface area contributed by atoms with Crippen molar-refractivity contribution in [3.05, 3.63) is 48.6 Å². The Hall–Kier alpha value is -2.63. The molecule has 0 heterocycles. The van der Waals surface area contributed by atoms with Gasteiger partial charge in [-0.1, -0.05) is 268 Å². The molecule has 6 heteroatoms. The molecule has 0 aromatic heterocycles. The van der Waals surface area contributed by atoms with Gasteiger partial charge in [-0.3, -0.25) is 14.4 Å². The predicted octanol–water partition coefficient (Wildman–Crippen LogP) is 19.0. The summed E-state index contributed by atoms with van der Waals surface area (Å²) >= 11 is 0. The molecule has 0 rings (SSSR count). The van der Waals surface area contributed by atoms with Gasteiger partial charge in [0.15, 0.2) is 6.10 Å². The van der Waals surface area contributed by atoms with Gasteiger partial charge >= 0.3 is 17.9 Å². The largest absolute Gasteiger partial charge is 0.462 e. The first-order valence-electron chi connectivity index (χ1n) is 28.6. The highest BCUT2D eigenvalue weighted by molar-refractivity contribution is 5.71. The van der Waals surface area contributed by atoms with E-state index >= 15 is 0 Å². The van der Waals surface area contributed by atoms with Crippen LogP contribution in [0, 0.1) is 0 Å². The molecule has 6 nitrogen and oxygen atoms in total. The summed E-state index contributed by atoms with van der Waals surface area (Å²) in [5, 5.41) is 0. The Bertz CT molecular complexity index is 1150. The maximum absolute atomic E-state index is 12.8. The van der Waals surface area contributed by atoms with E-state index in [1.165, 1.54) is 161 Å². The molecule has 1 atom stereocenters. The van der Waals surface area contributed by atoms with Crippen molar-refractivity contribution < 1.29 is 28.6 Å². The van der Waals surface area contributed by atoms with Crippen LogP contribution in [-0.4, -0.2) is 37.2 Å². The highest BCUT2D eigenvalue weighted by atomic mass is 16.6. The van der Waals surface area contributed by atoms with Crippen molar-refractivity contribution >= 4 is 17.9 Å². The molecule has 0 aromatic carbocycles. The molecule has 66 heavy (non-hydrogen) atoms. The van der Waals surface area contributed by atoms with Crippen molar-refractivity contribution in [3.8, 4) is 0 Å². The first kappa shape index (κ1) is 63.4. The topological polar surface area (TPSA) is 78.9 Å². The van der Waals surface area contributed by atoms with Crippen LogP contribution in [0.2, 0.25) is 0 Å². The summed E-state index contributed by atoms with van der Waals surface area (Å²) in [5.74, 6) is -0.892. The minimum atomic E-state index is -0.781. The van der Waals surface area contributed by atoms with Crippen LogP contribution >= 0.6 is 0 Å². The van der Waals surface area contributed by atoms with E-state index in [0.717, 1.165) is 96.3 Å². The zero-order valence-electron chi connectivity index (χ0n) is 44.0. The van der Waals surface area contributed by atoms with Gasteiger partial charge in [0.1, 0.15) is 13.2 Å². The van der Waals surface area contributed by atoms with Gasteiger partial charge in [-0.2, -0.15) is 0 Å². The Morgan fingerprint density at radius 2 is 0.591 bits per heavy atom. The second-order valence-corrected chi connectivity index (χ2v) is 19.2. The van der Waals surface area contributed by atoms with Crippen LogP contribution in [0.5, 0.6) is 0 Å². The van der Waals surface area contributed by atoms with Gasteiger partial charge in [-0.15, -0.1) is 0 Å². The lowest BCUT2D eigenvalue weighted by atomic mass is 10.0. The molecule has 0 aliphatic carbocycles. The fourth-order valence-electron chi connectivity index (χ4n) is 8.32. The highest BCUT2D eigenvalue weighted by Crippen LogP contribution is 2.17. The van der Waals surface area contributed by atoms with Gasteiger partial charge < -0.3 is 14.2 Å². The molecule has 0 spiro atoms. The normalized spacial score (nSPS) is 12.3.